The molecule has 0 atom stereocenters. The third-order valence-corrected chi connectivity index (χ3v) is 1.14. The Morgan fingerprint density at radius 1 is 1.30 bits per heavy atom. The van der Waals surface area contributed by atoms with Crippen molar-refractivity contribution in [2.45, 2.75) is 0 Å². The highest BCUT2D eigenvalue weighted by Gasteiger charge is 1.90. The maximum Gasteiger partial charge on any atom is 0.115 e. The summed E-state index contributed by atoms with van der Waals surface area (Å²) < 4.78 is 0. The summed E-state index contributed by atoms with van der Waals surface area (Å²) in [5.41, 5.74) is 1.46. The molecule has 0 aliphatic heterocycles. The van der Waals surface area contributed by atoms with Gasteiger partial charge in [-0.15, -0.1) is 10.2 Å². The van der Waals surface area contributed by atoms with E-state index in [9.17, 15) is 0 Å². The second-order valence-corrected chi connectivity index (χ2v) is 1.77. The zero-order valence-corrected chi connectivity index (χ0v) is 5.02. The van der Waals surface area contributed by atoms with Gasteiger partial charge in [0.15, 0.2) is 0 Å². The van der Waals surface area contributed by atoms with Crippen LogP contribution in [-0.4, -0.2) is 20.4 Å². The molecule has 0 saturated carbocycles. The molecule has 2 rings (SSSR count). The minimum Gasteiger partial charge on any atom is -0.252 e. The van der Waals surface area contributed by atoms with Crippen LogP contribution in [0.1, 0.15) is 0 Å². The van der Waals surface area contributed by atoms with E-state index in [-0.39, 0.29) is 0 Å². The molecule has 2 aromatic rings. The number of fused-ring (bicyclic) bond motifs is 1. The summed E-state index contributed by atoms with van der Waals surface area (Å²) in [6.45, 7) is 0. The van der Waals surface area contributed by atoms with Gasteiger partial charge in [-0.1, -0.05) is 0 Å². The number of aromatic nitrogens is 4. The first-order valence-corrected chi connectivity index (χ1v) is 2.77. The molecule has 0 spiro atoms. The Bertz CT molecular complexity index is 281. The highest BCUT2D eigenvalue weighted by atomic mass is 15.3. The molecule has 2 aromatic heterocycles. The topological polar surface area (TPSA) is 51.6 Å². The molecule has 47 valence electrons. The minimum absolute atomic E-state index is 0.720. The Morgan fingerprint density at radius 3 is 3.20 bits per heavy atom. The van der Waals surface area contributed by atoms with E-state index in [1.807, 2.05) is 0 Å². The van der Waals surface area contributed by atoms with Crippen LogP contribution in [-0.2, 0) is 0 Å². The van der Waals surface area contributed by atoms with Crippen LogP contribution in [0.25, 0.3) is 11.0 Å². The van der Waals surface area contributed by atoms with Crippen molar-refractivity contribution in [1.82, 2.24) is 20.4 Å². The zero-order valence-electron chi connectivity index (χ0n) is 5.02. The van der Waals surface area contributed by atoms with Crippen LogP contribution in [0, 0.1) is 6.07 Å². The van der Waals surface area contributed by atoms with Crippen LogP contribution in [0.3, 0.4) is 0 Å². The Hall–Kier alpha value is -1.58. The molecule has 4 nitrogen and oxygen atoms in total. The Labute approximate surface area is 56.9 Å². The molecule has 0 fully saturated rings. The molecule has 0 saturated heterocycles. The second-order valence-electron chi connectivity index (χ2n) is 1.77. The molecule has 1 radical (unpaired) electrons. The number of rotatable bonds is 0. The molecule has 4 heteroatoms. The Balaban J connectivity index is 2.89. The van der Waals surface area contributed by atoms with Gasteiger partial charge in [-0.3, -0.25) is 4.98 Å². The summed E-state index contributed by atoms with van der Waals surface area (Å²) in [6.07, 6.45) is 3.14. The molecule has 0 N–H and O–H groups in total. The molecule has 2 heterocycles. The Morgan fingerprint density at radius 2 is 2.30 bits per heavy atom. The number of hydrogen-bond donors (Lipinski definition) is 0. The molecule has 0 amide bonds. The van der Waals surface area contributed by atoms with Gasteiger partial charge in [0, 0.05) is 12.3 Å². The van der Waals surface area contributed by atoms with Gasteiger partial charge in [0.1, 0.15) is 11.0 Å². The van der Waals surface area contributed by atoms with E-state index in [0.717, 1.165) is 11.0 Å². The van der Waals surface area contributed by atoms with Crippen molar-refractivity contribution < 1.29 is 0 Å². The first kappa shape index (κ1) is 5.22. The molecule has 10 heavy (non-hydrogen) atoms. The first-order chi connectivity index (χ1) is 4.97. The van der Waals surface area contributed by atoms with Crippen LogP contribution in [0.15, 0.2) is 18.5 Å². The van der Waals surface area contributed by atoms with Crippen LogP contribution >= 0.6 is 0 Å². The largest absolute Gasteiger partial charge is 0.252 e. The molecule has 0 aromatic carbocycles. The van der Waals surface area contributed by atoms with Gasteiger partial charge in [-0.05, 0) is 11.3 Å². The standard InChI is InChI=1S/C6H3N4/c1-2-5-6(7-3-1)4-8-10-9-5/h2-4H. The summed E-state index contributed by atoms with van der Waals surface area (Å²) in [6, 6.07) is 4.51. The number of pyridine rings is 1. The van der Waals surface area contributed by atoms with E-state index < -0.39 is 0 Å². The summed E-state index contributed by atoms with van der Waals surface area (Å²) in [7, 11) is 0. The minimum atomic E-state index is 0.720. The van der Waals surface area contributed by atoms with Crippen molar-refractivity contribution in [2.75, 3.05) is 0 Å². The van der Waals surface area contributed by atoms with Crippen LogP contribution < -0.4 is 0 Å². The quantitative estimate of drug-likeness (QED) is 0.513. The monoisotopic (exact) mass is 131 g/mol. The first-order valence-electron chi connectivity index (χ1n) is 2.77. The molecule has 0 unspecified atom stereocenters. The third kappa shape index (κ3) is 0.699. The molecule has 0 aliphatic carbocycles. The van der Waals surface area contributed by atoms with E-state index >= 15 is 0 Å². The lowest BCUT2D eigenvalue weighted by molar-refractivity contribution is 0.891. The third-order valence-electron chi connectivity index (χ3n) is 1.14. The van der Waals surface area contributed by atoms with Crippen LogP contribution in [0.5, 0.6) is 0 Å². The average molecular weight is 131 g/mol. The van der Waals surface area contributed by atoms with Gasteiger partial charge in [-0.2, -0.15) is 0 Å². The van der Waals surface area contributed by atoms with Crippen molar-refractivity contribution in [3.63, 3.8) is 0 Å². The Kier molecular flexibility index (Phi) is 1.04. The highest BCUT2D eigenvalue weighted by molar-refractivity contribution is 5.71. The van der Waals surface area contributed by atoms with Gasteiger partial charge in [0.2, 0.25) is 0 Å². The predicted molar refractivity (Wildman–Crippen MR) is 34.0 cm³/mol. The normalized spacial score (nSPS) is 10.0. The van der Waals surface area contributed by atoms with Crippen molar-refractivity contribution in [2.24, 2.45) is 0 Å². The van der Waals surface area contributed by atoms with Gasteiger partial charge < -0.3 is 0 Å². The van der Waals surface area contributed by atoms with Crippen molar-refractivity contribution in [3.8, 4) is 0 Å². The maximum absolute atomic E-state index is 3.96. The van der Waals surface area contributed by atoms with E-state index in [1.54, 1.807) is 18.5 Å². The smallest absolute Gasteiger partial charge is 0.115 e. The fraction of sp³-hybridized carbons (Fsp3) is 0. The molecule has 0 bridgehead atoms. The van der Waals surface area contributed by atoms with Crippen molar-refractivity contribution in [1.29, 1.82) is 0 Å². The van der Waals surface area contributed by atoms with Crippen molar-refractivity contribution >= 4 is 11.0 Å². The van der Waals surface area contributed by atoms with Gasteiger partial charge in [-0.25, -0.2) is 0 Å². The van der Waals surface area contributed by atoms with E-state index in [2.05, 4.69) is 26.5 Å². The van der Waals surface area contributed by atoms with E-state index in [1.165, 1.54) is 0 Å². The fourth-order valence-corrected chi connectivity index (χ4v) is 0.697. The summed E-state index contributed by atoms with van der Waals surface area (Å²) in [5.74, 6) is 0. The average Bonchev–Trinajstić information content (AvgIpc) is 2.05. The van der Waals surface area contributed by atoms with E-state index in [0.29, 0.717) is 0 Å². The predicted octanol–water partition coefficient (Wildman–Crippen LogP) is 0.220. The van der Waals surface area contributed by atoms with Gasteiger partial charge in [0.05, 0.1) is 6.20 Å². The van der Waals surface area contributed by atoms with E-state index in [4.69, 9.17) is 0 Å². The lowest BCUT2D eigenvalue weighted by Crippen LogP contribution is -1.87. The fourth-order valence-electron chi connectivity index (χ4n) is 0.697. The maximum atomic E-state index is 3.96. The SMILES string of the molecule is [c]1cnc2cnnnc2c1. The van der Waals surface area contributed by atoms with Crippen LogP contribution in [0.2, 0.25) is 0 Å². The molecular weight excluding hydrogens is 128 g/mol. The van der Waals surface area contributed by atoms with Gasteiger partial charge in [0.25, 0.3) is 0 Å². The molecular formula is C6H3N4. The number of hydrogen-bond acceptors (Lipinski definition) is 4. The van der Waals surface area contributed by atoms with Gasteiger partial charge >= 0.3 is 0 Å². The summed E-state index contributed by atoms with van der Waals surface area (Å²) in [5, 5.41) is 10.8. The van der Waals surface area contributed by atoms with Crippen LogP contribution in [0.4, 0.5) is 0 Å². The lowest BCUT2D eigenvalue weighted by Gasteiger charge is -1.88. The zero-order chi connectivity index (χ0) is 6.81. The summed E-state index contributed by atoms with van der Waals surface area (Å²) >= 11 is 0. The second kappa shape index (κ2) is 1.98. The van der Waals surface area contributed by atoms with Crippen molar-refractivity contribution in [3.05, 3.63) is 24.5 Å². The summed E-state index contributed by atoms with van der Waals surface area (Å²) in [4.78, 5) is 3.96. The number of nitrogens with zero attached hydrogens (tertiary/aromatic N) is 4. The molecule has 0 aliphatic rings. The lowest BCUT2D eigenvalue weighted by atomic mass is 10.4. The highest BCUT2D eigenvalue weighted by Crippen LogP contribution is 2.00.